The van der Waals surface area contributed by atoms with Gasteiger partial charge in [-0.15, -0.1) is 0 Å². The zero-order valence-corrected chi connectivity index (χ0v) is 12.4. The second kappa shape index (κ2) is 5.85. The molecule has 1 aromatic rings. The first-order chi connectivity index (χ1) is 8.61. The van der Waals surface area contributed by atoms with E-state index in [1.807, 2.05) is 18.2 Å². The summed E-state index contributed by atoms with van der Waals surface area (Å²) in [5.41, 5.74) is 1.83. The zero-order valence-electron chi connectivity index (χ0n) is 10.8. The standard InChI is InChI=1S/C14H18BrNO2/c1-10(17)13-9-11(15)3-4-14(13)16-7-5-12(18-2)6-8-16/h3-4,9,12H,5-8H2,1-2H3. The molecule has 0 radical (unpaired) electrons. The Morgan fingerprint density at radius 3 is 2.61 bits per heavy atom. The number of Topliss-reactive ketones (excluding diaryl/α,β-unsaturated/α-hetero) is 1. The van der Waals surface area contributed by atoms with Crippen molar-refractivity contribution in [2.45, 2.75) is 25.9 Å². The molecular weight excluding hydrogens is 294 g/mol. The van der Waals surface area contributed by atoms with Gasteiger partial charge in [0.05, 0.1) is 6.10 Å². The third kappa shape index (κ3) is 2.93. The van der Waals surface area contributed by atoms with E-state index in [0.29, 0.717) is 6.10 Å². The van der Waals surface area contributed by atoms with Crippen molar-refractivity contribution in [3.05, 3.63) is 28.2 Å². The molecule has 1 heterocycles. The minimum absolute atomic E-state index is 0.111. The normalized spacial score (nSPS) is 16.9. The molecule has 0 amide bonds. The van der Waals surface area contributed by atoms with Gasteiger partial charge < -0.3 is 9.64 Å². The fourth-order valence-corrected chi connectivity index (χ4v) is 2.76. The summed E-state index contributed by atoms with van der Waals surface area (Å²) >= 11 is 3.42. The van der Waals surface area contributed by atoms with E-state index in [-0.39, 0.29) is 5.78 Å². The van der Waals surface area contributed by atoms with E-state index in [9.17, 15) is 4.79 Å². The molecule has 0 spiro atoms. The van der Waals surface area contributed by atoms with Crippen LogP contribution in [0, 0.1) is 0 Å². The highest BCUT2D eigenvalue weighted by molar-refractivity contribution is 9.10. The quantitative estimate of drug-likeness (QED) is 0.802. The van der Waals surface area contributed by atoms with Gasteiger partial charge in [0.1, 0.15) is 0 Å². The van der Waals surface area contributed by atoms with Crippen LogP contribution in [0.5, 0.6) is 0 Å². The average Bonchev–Trinajstić information content (AvgIpc) is 2.39. The van der Waals surface area contributed by atoms with E-state index in [4.69, 9.17) is 4.74 Å². The first kappa shape index (κ1) is 13.6. The topological polar surface area (TPSA) is 29.5 Å². The Labute approximate surface area is 116 Å². The van der Waals surface area contributed by atoms with Gasteiger partial charge in [0.2, 0.25) is 0 Å². The maximum Gasteiger partial charge on any atom is 0.161 e. The molecule has 1 aromatic carbocycles. The number of piperidine rings is 1. The molecule has 2 rings (SSSR count). The average molecular weight is 312 g/mol. The van der Waals surface area contributed by atoms with Gasteiger partial charge in [-0.05, 0) is 38.0 Å². The number of halogens is 1. The predicted molar refractivity (Wildman–Crippen MR) is 76.4 cm³/mol. The van der Waals surface area contributed by atoms with Crippen LogP contribution in [0.3, 0.4) is 0 Å². The number of nitrogens with zero attached hydrogens (tertiary/aromatic N) is 1. The van der Waals surface area contributed by atoms with Gasteiger partial charge >= 0.3 is 0 Å². The van der Waals surface area contributed by atoms with Crippen LogP contribution >= 0.6 is 15.9 Å². The lowest BCUT2D eigenvalue weighted by Crippen LogP contribution is -2.37. The maximum atomic E-state index is 11.7. The van der Waals surface area contributed by atoms with Crippen molar-refractivity contribution in [2.75, 3.05) is 25.1 Å². The number of ether oxygens (including phenoxy) is 1. The summed E-state index contributed by atoms with van der Waals surface area (Å²) in [5, 5.41) is 0. The fourth-order valence-electron chi connectivity index (χ4n) is 2.40. The van der Waals surface area contributed by atoms with Crippen LogP contribution in [-0.2, 0) is 4.74 Å². The van der Waals surface area contributed by atoms with Gasteiger partial charge in [0.15, 0.2) is 5.78 Å². The number of ketones is 1. The number of benzene rings is 1. The Hall–Kier alpha value is -0.870. The molecule has 1 aliphatic rings. The number of hydrogen-bond acceptors (Lipinski definition) is 3. The second-order valence-corrected chi connectivity index (χ2v) is 5.56. The van der Waals surface area contributed by atoms with Crippen LogP contribution in [0.1, 0.15) is 30.1 Å². The van der Waals surface area contributed by atoms with E-state index < -0.39 is 0 Å². The lowest BCUT2D eigenvalue weighted by atomic mass is 10.0. The number of rotatable bonds is 3. The van der Waals surface area contributed by atoms with Crippen molar-refractivity contribution >= 4 is 27.4 Å². The van der Waals surface area contributed by atoms with Crippen LogP contribution in [-0.4, -0.2) is 32.1 Å². The molecule has 0 aromatic heterocycles. The molecule has 0 atom stereocenters. The van der Waals surface area contributed by atoms with E-state index in [2.05, 4.69) is 20.8 Å². The Morgan fingerprint density at radius 2 is 2.06 bits per heavy atom. The lowest BCUT2D eigenvalue weighted by molar-refractivity contribution is 0.0818. The summed E-state index contributed by atoms with van der Waals surface area (Å²) in [6.07, 6.45) is 2.39. The molecule has 0 unspecified atom stereocenters. The molecule has 18 heavy (non-hydrogen) atoms. The molecule has 98 valence electrons. The van der Waals surface area contributed by atoms with Crippen LogP contribution in [0.15, 0.2) is 22.7 Å². The largest absolute Gasteiger partial charge is 0.381 e. The smallest absolute Gasteiger partial charge is 0.161 e. The Bertz CT molecular complexity index is 439. The number of hydrogen-bond donors (Lipinski definition) is 0. The summed E-state index contributed by atoms with van der Waals surface area (Å²) in [4.78, 5) is 14.0. The Kier molecular flexibility index (Phi) is 4.40. The van der Waals surface area contributed by atoms with Gasteiger partial charge in [-0.1, -0.05) is 15.9 Å². The highest BCUT2D eigenvalue weighted by Crippen LogP contribution is 2.28. The number of methoxy groups -OCH3 is 1. The summed E-state index contributed by atoms with van der Waals surface area (Å²) in [7, 11) is 1.76. The number of anilines is 1. The fraction of sp³-hybridized carbons (Fsp3) is 0.500. The first-order valence-electron chi connectivity index (χ1n) is 6.20. The van der Waals surface area contributed by atoms with Crippen LogP contribution < -0.4 is 4.90 Å². The van der Waals surface area contributed by atoms with E-state index in [1.54, 1.807) is 14.0 Å². The van der Waals surface area contributed by atoms with Gasteiger partial charge in [0.25, 0.3) is 0 Å². The Balaban J connectivity index is 2.21. The molecule has 4 heteroatoms. The van der Waals surface area contributed by atoms with Gasteiger partial charge in [0, 0.05) is 35.9 Å². The number of carbonyl (C=O) groups is 1. The van der Waals surface area contributed by atoms with Crippen LogP contribution in [0.25, 0.3) is 0 Å². The van der Waals surface area contributed by atoms with Crippen molar-refractivity contribution in [2.24, 2.45) is 0 Å². The highest BCUT2D eigenvalue weighted by atomic mass is 79.9. The molecule has 1 aliphatic heterocycles. The van der Waals surface area contributed by atoms with E-state index in [0.717, 1.165) is 41.7 Å². The van der Waals surface area contributed by atoms with Gasteiger partial charge in [-0.25, -0.2) is 0 Å². The minimum Gasteiger partial charge on any atom is -0.381 e. The van der Waals surface area contributed by atoms with Gasteiger partial charge in [-0.2, -0.15) is 0 Å². The molecule has 0 saturated carbocycles. The van der Waals surface area contributed by atoms with Gasteiger partial charge in [-0.3, -0.25) is 4.79 Å². The second-order valence-electron chi connectivity index (χ2n) is 4.64. The third-order valence-electron chi connectivity index (χ3n) is 3.45. The summed E-state index contributed by atoms with van der Waals surface area (Å²) in [6.45, 7) is 3.51. The summed E-state index contributed by atoms with van der Waals surface area (Å²) in [6, 6.07) is 5.91. The molecule has 1 saturated heterocycles. The zero-order chi connectivity index (χ0) is 13.1. The van der Waals surface area contributed by atoms with E-state index in [1.165, 1.54) is 0 Å². The SMILES string of the molecule is COC1CCN(c2ccc(Br)cc2C(C)=O)CC1. The van der Waals surface area contributed by atoms with Crippen LogP contribution in [0.4, 0.5) is 5.69 Å². The predicted octanol–water partition coefficient (Wildman–Crippen LogP) is 3.27. The monoisotopic (exact) mass is 311 g/mol. The number of carbonyl (C=O) groups excluding carboxylic acids is 1. The van der Waals surface area contributed by atoms with Crippen molar-refractivity contribution in [3.8, 4) is 0 Å². The van der Waals surface area contributed by atoms with Crippen molar-refractivity contribution in [3.63, 3.8) is 0 Å². The van der Waals surface area contributed by atoms with Crippen molar-refractivity contribution < 1.29 is 9.53 Å². The molecule has 0 N–H and O–H groups in total. The molecule has 3 nitrogen and oxygen atoms in total. The maximum absolute atomic E-state index is 11.7. The van der Waals surface area contributed by atoms with Crippen LogP contribution in [0.2, 0.25) is 0 Å². The van der Waals surface area contributed by atoms with E-state index >= 15 is 0 Å². The minimum atomic E-state index is 0.111. The molecule has 0 bridgehead atoms. The first-order valence-corrected chi connectivity index (χ1v) is 6.99. The Morgan fingerprint density at radius 1 is 1.39 bits per heavy atom. The third-order valence-corrected chi connectivity index (χ3v) is 3.95. The summed E-state index contributed by atoms with van der Waals surface area (Å²) < 4.78 is 6.32. The summed E-state index contributed by atoms with van der Waals surface area (Å²) in [5.74, 6) is 0.111. The highest BCUT2D eigenvalue weighted by Gasteiger charge is 2.21. The van der Waals surface area contributed by atoms with Crippen molar-refractivity contribution in [1.82, 2.24) is 0 Å². The lowest BCUT2D eigenvalue weighted by Gasteiger charge is -2.34. The molecular formula is C14H18BrNO2. The van der Waals surface area contributed by atoms with Crippen molar-refractivity contribution in [1.29, 1.82) is 0 Å². The molecule has 1 fully saturated rings. The molecule has 0 aliphatic carbocycles.